The summed E-state index contributed by atoms with van der Waals surface area (Å²) in [5, 5.41) is 0. The van der Waals surface area contributed by atoms with Crippen LogP contribution in [0.5, 0.6) is 11.5 Å². The highest BCUT2D eigenvalue weighted by molar-refractivity contribution is 5.74. The summed E-state index contributed by atoms with van der Waals surface area (Å²) in [6.07, 6.45) is 0.790. The van der Waals surface area contributed by atoms with Crippen LogP contribution in [0.3, 0.4) is 0 Å². The molecule has 0 amide bonds. The van der Waals surface area contributed by atoms with Crippen LogP contribution in [0.4, 0.5) is 0 Å². The molecule has 0 fully saturated rings. The minimum absolute atomic E-state index is 0.164. The van der Waals surface area contributed by atoms with E-state index >= 15 is 0 Å². The van der Waals surface area contributed by atoms with E-state index in [2.05, 4.69) is 0 Å². The van der Waals surface area contributed by atoms with Gasteiger partial charge in [0.25, 0.3) is 0 Å². The highest BCUT2D eigenvalue weighted by Crippen LogP contribution is 2.26. The number of hydrogen-bond donors (Lipinski definition) is 0. The van der Waals surface area contributed by atoms with Crippen LogP contribution in [0.15, 0.2) is 24.3 Å². The molecule has 5 nitrogen and oxygen atoms in total. The Kier molecular flexibility index (Phi) is 6.43. The standard InChI is InChI=1S/C14H18O5/c1-3-18-13(15)9-6-10-14(16)19-12-8-5-4-7-11(12)17-2/h4-5,7-8H,3,6,9-10H2,1-2H3. The predicted octanol–water partition coefficient (Wildman–Crippen LogP) is 2.33. The third kappa shape index (κ3) is 5.42. The molecule has 0 spiro atoms. The van der Waals surface area contributed by atoms with Gasteiger partial charge >= 0.3 is 11.9 Å². The van der Waals surface area contributed by atoms with Crippen LogP contribution in [0.25, 0.3) is 0 Å². The Morgan fingerprint density at radius 1 is 1.05 bits per heavy atom. The van der Waals surface area contributed by atoms with Crippen LogP contribution >= 0.6 is 0 Å². The van der Waals surface area contributed by atoms with Crippen molar-refractivity contribution >= 4 is 11.9 Å². The van der Waals surface area contributed by atoms with Crippen LogP contribution in [-0.2, 0) is 14.3 Å². The zero-order valence-corrected chi connectivity index (χ0v) is 11.2. The molecular weight excluding hydrogens is 248 g/mol. The number of benzene rings is 1. The monoisotopic (exact) mass is 266 g/mol. The molecule has 1 aromatic carbocycles. The average molecular weight is 266 g/mol. The molecule has 5 heteroatoms. The summed E-state index contributed by atoms with van der Waals surface area (Å²) < 4.78 is 15.0. The molecule has 0 saturated carbocycles. The van der Waals surface area contributed by atoms with Crippen LogP contribution < -0.4 is 9.47 Å². The maximum absolute atomic E-state index is 11.6. The van der Waals surface area contributed by atoms with Gasteiger partial charge in [0.2, 0.25) is 0 Å². The Morgan fingerprint density at radius 3 is 2.32 bits per heavy atom. The summed E-state index contributed by atoms with van der Waals surface area (Å²) in [5.41, 5.74) is 0. The second kappa shape index (κ2) is 8.13. The fourth-order valence-electron chi connectivity index (χ4n) is 1.49. The van der Waals surface area contributed by atoms with E-state index in [1.165, 1.54) is 7.11 Å². The molecule has 0 aliphatic carbocycles. The molecule has 0 heterocycles. The van der Waals surface area contributed by atoms with E-state index in [9.17, 15) is 9.59 Å². The highest BCUT2D eigenvalue weighted by Gasteiger charge is 2.10. The second-order valence-corrected chi connectivity index (χ2v) is 3.78. The van der Waals surface area contributed by atoms with Gasteiger partial charge in [-0.1, -0.05) is 12.1 Å². The van der Waals surface area contributed by atoms with Gasteiger partial charge in [0, 0.05) is 12.8 Å². The van der Waals surface area contributed by atoms with Crippen LogP contribution in [0.2, 0.25) is 0 Å². The predicted molar refractivity (Wildman–Crippen MR) is 69.1 cm³/mol. The quantitative estimate of drug-likeness (QED) is 0.560. The normalized spacial score (nSPS) is 9.79. The lowest BCUT2D eigenvalue weighted by molar-refractivity contribution is -0.143. The van der Waals surface area contributed by atoms with Crippen molar-refractivity contribution in [3.8, 4) is 11.5 Å². The van der Waals surface area contributed by atoms with Crippen molar-refractivity contribution in [2.24, 2.45) is 0 Å². The molecule has 104 valence electrons. The van der Waals surface area contributed by atoms with E-state index in [4.69, 9.17) is 14.2 Å². The van der Waals surface area contributed by atoms with Crippen LogP contribution in [0.1, 0.15) is 26.2 Å². The second-order valence-electron chi connectivity index (χ2n) is 3.78. The summed E-state index contributed by atoms with van der Waals surface area (Å²) in [4.78, 5) is 22.7. The van der Waals surface area contributed by atoms with Gasteiger partial charge in [-0.15, -0.1) is 0 Å². The molecule has 0 aliphatic heterocycles. The topological polar surface area (TPSA) is 61.8 Å². The lowest BCUT2D eigenvalue weighted by Gasteiger charge is -2.08. The Labute approximate surface area is 112 Å². The fraction of sp³-hybridized carbons (Fsp3) is 0.429. The van der Waals surface area contributed by atoms with Crippen molar-refractivity contribution in [2.45, 2.75) is 26.2 Å². The Balaban J connectivity index is 2.37. The number of ether oxygens (including phenoxy) is 3. The summed E-state index contributed by atoms with van der Waals surface area (Å²) in [6, 6.07) is 6.91. The molecule has 0 bridgehead atoms. The van der Waals surface area contributed by atoms with Gasteiger partial charge in [0.05, 0.1) is 13.7 Å². The molecule has 19 heavy (non-hydrogen) atoms. The molecule has 0 saturated heterocycles. The lowest BCUT2D eigenvalue weighted by Crippen LogP contribution is -2.10. The largest absolute Gasteiger partial charge is 0.493 e. The highest BCUT2D eigenvalue weighted by atomic mass is 16.6. The number of methoxy groups -OCH3 is 1. The molecule has 0 radical (unpaired) electrons. The number of rotatable bonds is 7. The molecule has 0 atom stereocenters. The smallest absolute Gasteiger partial charge is 0.311 e. The molecular formula is C14H18O5. The first kappa shape index (κ1) is 15.0. The molecule has 1 rings (SSSR count). The summed E-state index contributed by atoms with van der Waals surface area (Å²) in [7, 11) is 1.51. The van der Waals surface area contributed by atoms with E-state index in [0.29, 0.717) is 24.5 Å². The fourth-order valence-corrected chi connectivity index (χ4v) is 1.49. The van der Waals surface area contributed by atoms with E-state index < -0.39 is 5.97 Å². The third-order valence-electron chi connectivity index (χ3n) is 2.36. The van der Waals surface area contributed by atoms with Gasteiger partial charge in [0.1, 0.15) is 0 Å². The lowest BCUT2D eigenvalue weighted by atomic mass is 10.2. The average Bonchev–Trinajstić information content (AvgIpc) is 2.39. The van der Waals surface area contributed by atoms with Crippen molar-refractivity contribution in [1.82, 2.24) is 0 Å². The Bertz CT molecular complexity index is 428. The van der Waals surface area contributed by atoms with Crippen molar-refractivity contribution in [1.29, 1.82) is 0 Å². The minimum atomic E-state index is -0.395. The minimum Gasteiger partial charge on any atom is -0.493 e. The number of esters is 2. The summed E-state index contributed by atoms with van der Waals surface area (Å²) in [6.45, 7) is 2.10. The maximum Gasteiger partial charge on any atom is 0.311 e. The molecule has 0 aliphatic rings. The van der Waals surface area contributed by atoms with Gasteiger partial charge < -0.3 is 14.2 Å². The van der Waals surface area contributed by atoms with E-state index in [0.717, 1.165) is 0 Å². The molecule has 0 unspecified atom stereocenters. The van der Waals surface area contributed by atoms with Gasteiger partial charge in [-0.2, -0.15) is 0 Å². The molecule has 0 N–H and O–H groups in total. The third-order valence-corrected chi connectivity index (χ3v) is 2.36. The zero-order chi connectivity index (χ0) is 14.1. The number of para-hydroxylation sites is 2. The van der Waals surface area contributed by atoms with E-state index in [1.54, 1.807) is 31.2 Å². The van der Waals surface area contributed by atoms with Crippen molar-refractivity contribution < 1.29 is 23.8 Å². The number of carbonyl (C=O) groups excluding carboxylic acids is 2. The van der Waals surface area contributed by atoms with Gasteiger partial charge in [0.15, 0.2) is 11.5 Å². The van der Waals surface area contributed by atoms with Crippen molar-refractivity contribution in [2.75, 3.05) is 13.7 Å². The maximum atomic E-state index is 11.6. The van der Waals surface area contributed by atoms with Crippen LogP contribution in [0, 0.1) is 0 Å². The first-order valence-electron chi connectivity index (χ1n) is 6.16. The van der Waals surface area contributed by atoms with E-state index in [-0.39, 0.29) is 18.8 Å². The zero-order valence-electron chi connectivity index (χ0n) is 11.2. The van der Waals surface area contributed by atoms with Gasteiger partial charge in [-0.05, 0) is 25.5 Å². The summed E-state index contributed by atoms with van der Waals surface area (Å²) >= 11 is 0. The summed E-state index contributed by atoms with van der Waals surface area (Å²) in [5.74, 6) is 0.189. The number of carbonyl (C=O) groups is 2. The Morgan fingerprint density at radius 2 is 1.68 bits per heavy atom. The molecule has 1 aromatic rings. The molecule has 0 aromatic heterocycles. The van der Waals surface area contributed by atoms with Crippen molar-refractivity contribution in [3.05, 3.63) is 24.3 Å². The van der Waals surface area contributed by atoms with Gasteiger partial charge in [-0.3, -0.25) is 9.59 Å². The first-order valence-corrected chi connectivity index (χ1v) is 6.16. The van der Waals surface area contributed by atoms with Crippen LogP contribution in [-0.4, -0.2) is 25.7 Å². The van der Waals surface area contributed by atoms with Crippen molar-refractivity contribution in [3.63, 3.8) is 0 Å². The number of hydrogen-bond acceptors (Lipinski definition) is 5. The van der Waals surface area contributed by atoms with E-state index in [1.807, 2.05) is 0 Å². The SMILES string of the molecule is CCOC(=O)CCCC(=O)Oc1ccccc1OC. The first-order chi connectivity index (χ1) is 9.17. The Hall–Kier alpha value is -2.04. The van der Waals surface area contributed by atoms with Gasteiger partial charge in [-0.25, -0.2) is 0 Å².